The molecule has 1 aromatic heterocycles. The molecular formula is C19H19N3O6. The Morgan fingerprint density at radius 2 is 2.11 bits per heavy atom. The lowest BCUT2D eigenvalue weighted by atomic mass is 10.0. The molecule has 1 aliphatic heterocycles. The second kappa shape index (κ2) is 7.19. The van der Waals surface area contributed by atoms with E-state index in [0.717, 1.165) is 0 Å². The number of benzene rings is 1. The molecule has 2 atom stereocenters. The number of carbonyl (C=O) groups is 2. The minimum atomic E-state index is -1.08. The summed E-state index contributed by atoms with van der Waals surface area (Å²) >= 11 is 0. The number of Topliss-reactive ketones (excluding diaryl/α,β-unsaturated/α-hetero) is 1. The van der Waals surface area contributed by atoms with Gasteiger partial charge in [0.15, 0.2) is 0 Å². The van der Waals surface area contributed by atoms with Crippen LogP contribution < -0.4 is 10.1 Å². The summed E-state index contributed by atoms with van der Waals surface area (Å²) in [5.41, 5.74) is 1.00. The summed E-state index contributed by atoms with van der Waals surface area (Å²) < 4.78 is 12.2. The van der Waals surface area contributed by atoms with Gasteiger partial charge in [0.25, 0.3) is 0 Å². The van der Waals surface area contributed by atoms with Crippen LogP contribution in [0.1, 0.15) is 26.8 Å². The molecule has 0 saturated carbocycles. The van der Waals surface area contributed by atoms with Gasteiger partial charge in [-0.1, -0.05) is 0 Å². The molecule has 0 bridgehead atoms. The summed E-state index contributed by atoms with van der Waals surface area (Å²) in [5.74, 6) is 0.358. The van der Waals surface area contributed by atoms with E-state index in [2.05, 4.69) is 10.3 Å². The summed E-state index contributed by atoms with van der Waals surface area (Å²) in [7, 11) is 1.56. The number of rotatable bonds is 5. The number of imidazole rings is 1. The molecule has 0 radical (unpaired) electrons. The molecule has 1 aromatic carbocycles. The van der Waals surface area contributed by atoms with Crippen LogP contribution in [0.2, 0.25) is 0 Å². The fraction of sp³-hybridized carbons (Fsp3) is 0.316. The first-order chi connectivity index (χ1) is 13.5. The van der Waals surface area contributed by atoms with Gasteiger partial charge in [0.2, 0.25) is 11.6 Å². The summed E-state index contributed by atoms with van der Waals surface area (Å²) in [4.78, 5) is 29.9. The first kappa shape index (κ1) is 18.4. The molecule has 2 aliphatic rings. The summed E-state index contributed by atoms with van der Waals surface area (Å²) in [6.45, 7) is -0.288. The van der Waals surface area contributed by atoms with Gasteiger partial charge < -0.3 is 29.6 Å². The van der Waals surface area contributed by atoms with Crippen molar-refractivity contribution in [3.8, 4) is 5.75 Å². The predicted molar refractivity (Wildman–Crippen MR) is 97.3 cm³/mol. The van der Waals surface area contributed by atoms with Crippen molar-refractivity contribution in [3.63, 3.8) is 0 Å². The summed E-state index contributed by atoms with van der Waals surface area (Å²) in [6, 6.07) is 6.95. The third kappa shape index (κ3) is 3.09. The van der Waals surface area contributed by atoms with Gasteiger partial charge in [-0.3, -0.25) is 9.59 Å². The van der Waals surface area contributed by atoms with Gasteiger partial charge in [-0.2, -0.15) is 0 Å². The molecule has 0 saturated heterocycles. The molecule has 28 heavy (non-hydrogen) atoms. The topological polar surface area (TPSA) is 123 Å². The lowest BCUT2D eigenvalue weighted by Gasteiger charge is -2.28. The Labute approximate surface area is 160 Å². The van der Waals surface area contributed by atoms with E-state index in [1.807, 2.05) is 0 Å². The van der Waals surface area contributed by atoms with Crippen molar-refractivity contribution in [2.75, 3.05) is 19.0 Å². The zero-order chi connectivity index (χ0) is 19.8. The first-order valence-electron chi connectivity index (χ1n) is 8.73. The standard InChI is InChI=1S/C19H19N3O6/c1-27-11-4-2-10(3-5-11)20-12-6-13(24)18-17(19(12)26)21-16-9-28-15(7-22(16)18)14(25)8-23/h2-6,14-15,20,23,25H,7-9H2,1H3/t14-,15+/m1/s1. The molecule has 9 nitrogen and oxygen atoms in total. The van der Waals surface area contributed by atoms with Gasteiger partial charge in [0, 0.05) is 11.8 Å². The number of nitrogens with zero attached hydrogens (tertiary/aromatic N) is 2. The highest BCUT2D eigenvalue weighted by Crippen LogP contribution is 2.27. The lowest BCUT2D eigenvalue weighted by Crippen LogP contribution is -2.40. The Kier molecular flexibility index (Phi) is 4.71. The van der Waals surface area contributed by atoms with E-state index < -0.39 is 24.6 Å². The Morgan fingerprint density at radius 1 is 1.36 bits per heavy atom. The van der Waals surface area contributed by atoms with Crippen molar-refractivity contribution in [2.45, 2.75) is 25.4 Å². The van der Waals surface area contributed by atoms with E-state index in [-0.39, 0.29) is 36.0 Å². The smallest absolute Gasteiger partial charge is 0.230 e. The number of nitrogens with one attached hydrogen (secondary N) is 1. The maximum absolute atomic E-state index is 12.9. The number of aliphatic hydroxyl groups excluding tert-OH is 2. The molecule has 0 spiro atoms. The molecule has 4 rings (SSSR count). The molecule has 2 heterocycles. The van der Waals surface area contributed by atoms with Crippen LogP contribution in [-0.2, 0) is 17.9 Å². The summed E-state index contributed by atoms with van der Waals surface area (Å²) in [6.07, 6.45) is -0.512. The molecule has 0 unspecified atom stereocenters. The van der Waals surface area contributed by atoms with Gasteiger partial charge in [0.1, 0.15) is 41.8 Å². The largest absolute Gasteiger partial charge is 0.497 e. The molecule has 3 N–H and O–H groups in total. The number of aliphatic hydroxyl groups is 2. The van der Waals surface area contributed by atoms with Crippen LogP contribution in [0.25, 0.3) is 0 Å². The van der Waals surface area contributed by atoms with Gasteiger partial charge >= 0.3 is 0 Å². The van der Waals surface area contributed by atoms with Crippen LogP contribution in [0.4, 0.5) is 5.69 Å². The van der Waals surface area contributed by atoms with Crippen molar-refractivity contribution < 1.29 is 29.3 Å². The monoisotopic (exact) mass is 385 g/mol. The van der Waals surface area contributed by atoms with E-state index in [1.54, 1.807) is 35.9 Å². The zero-order valence-electron chi connectivity index (χ0n) is 15.1. The fourth-order valence-electron chi connectivity index (χ4n) is 3.29. The number of carbonyl (C=O) groups excluding carboxylic acids is 2. The van der Waals surface area contributed by atoms with Crippen LogP contribution >= 0.6 is 0 Å². The maximum atomic E-state index is 12.9. The Bertz CT molecular complexity index is 963. The minimum Gasteiger partial charge on any atom is -0.497 e. The van der Waals surface area contributed by atoms with E-state index in [0.29, 0.717) is 17.3 Å². The van der Waals surface area contributed by atoms with E-state index in [1.165, 1.54) is 6.08 Å². The number of ketones is 2. The normalized spacial score (nSPS) is 19.5. The third-order valence-corrected chi connectivity index (χ3v) is 4.79. The van der Waals surface area contributed by atoms with Gasteiger partial charge in [-0.25, -0.2) is 4.98 Å². The average Bonchev–Trinajstić information content (AvgIpc) is 3.11. The van der Waals surface area contributed by atoms with E-state index in [9.17, 15) is 14.7 Å². The number of ether oxygens (including phenoxy) is 2. The molecule has 146 valence electrons. The number of hydrogen-bond acceptors (Lipinski definition) is 8. The van der Waals surface area contributed by atoms with Crippen molar-refractivity contribution in [3.05, 3.63) is 53.3 Å². The number of methoxy groups -OCH3 is 1. The van der Waals surface area contributed by atoms with Crippen molar-refractivity contribution >= 4 is 17.3 Å². The number of fused-ring (bicyclic) bond motifs is 3. The number of allylic oxidation sites excluding steroid dienone is 2. The van der Waals surface area contributed by atoms with Gasteiger partial charge in [0.05, 0.1) is 26.0 Å². The Hall–Kier alpha value is -3.01. The van der Waals surface area contributed by atoms with Crippen LogP contribution in [0.3, 0.4) is 0 Å². The first-order valence-corrected chi connectivity index (χ1v) is 8.73. The Morgan fingerprint density at radius 3 is 2.79 bits per heavy atom. The van der Waals surface area contributed by atoms with Gasteiger partial charge in [-0.15, -0.1) is 0 Å². The molecule has 2 aromatic rings. The maximum Gasteiger partial charge on any atom is 0.230 e. The molecule has 9 heteroatoms. The molecule has 1 aliphatic carbocycles. The number of anilines is 1. The van der Waals surface area contributed by atoms with Crippen molar-refractivity contribution in [1.82, 2.24) is 9.55 Å². The highest BCUT2D eigenvalue weighted by Gasteiger charge is 2.36. The number of hydrogen-bond donors (Lipinski definition) is 3. The molecule has 0 fully saturated rings. The van der Waals surface area contributed by atoms with Crippen LogP contribution in [0.5, 0.6) is 5.75 Å². The quantitative estimate of drug-likeness (QED) is 0.681. The zero-order valence-corrected chi connectivity index (χ0v) is 15.1. The second-order valence-electron chi connectivity index (χ2n) is 6.54. The third-order valence-electron chi connectivity index (χ3n) is 4.79. The van der Waals surface area contributed by atoms with E-state index in [4.69, 9.17) is 14.6 Å². The molecular weight excluding hydrogens is 366 g/mol. The minimum absolute atomic E-state index is 0.0382. The van der Waals surface area contributed by atoms with Crippen molar-refractivity contribution in [1.29, 1.82) is 0 Å². The van der Waals surface area contributed by atoms with Crippen LogP contribution in [0, 0.1) is 0 Å². The van der Waals surface area contributed by atoms with Crippen LogP contribution in [0.15, 0.2) is 36.0 Å². The fourth-order valence-corrected chi connectivity index (χ4v) is 3.29. The van der Waals surface area contributed by atoms with Crippen molar-refractivity contribution in [2.24, 2.45) is 0 Å². The highest BCUT2D eigenvalue weighted by atomic mass is 16.5. The highest BCUT2D eigenvalue weighted by molar-refractivity contribution is 6.24. The lowest BCUT2D eigenvalue weighted by molar-refractivity contribution is -0.0873. The summed E-state index contributed by atoms with van der Waals surface area (Å²) in [5, 5.41) is 21.9. The van der Waals surface area contributed by atoms with Crippen LogP contribution in [-0.4, -0.2) is 57.3 Å². The van der Waals surface area contributed by atoms with Gasteiger partial charge in [-0.05, 0) is 24.3 Å². The predicted octanol–water partition coefficient (Wildman–Crippen LogP) is 0.519. The average molecular weight is 385 g/mol. The second-order valence-corrected chi connectivity index (χ2v) is 6.54. The Balaban J connectivity index is 1.61. The SMILES string of the molecule is COc1ccc(NC2=CC(=O)c3c(nc4n3C[C@@H]([C@H](O)CO)OC4)C2=O)cc1. The molecule has 0 amide bonds. The van der Waals surface area contributed by atoms with E-state index >= 15 is 0 Å². The number of aromatic nitrogens is 2.